The van der Waals surface area contributed by atoms with Crippen molar-refractivity contribution in [3.05, 3.63) is 70.9 Å². The molecule has 0 aliphatic heterocycles. The maximum atomic E-state index is 12.3. The van der Waals surface area contributed by atoms with Crippen molar-refractivity contribution in [3.63, 3.8) is 0 Å². The number of fused-ring (bicyclic) bond motifs is 1. The van der Waals surface area contributed by atoms with Crippen LogP contribution in [-0.2, 0) is 4.79 Å². The number of para-hydroxylation sites is 1. The molecule has 1 heterocycles. The Morgan fingerprint density at radius 2 is 1.81 bits per heavy atom. The minimum Gasteiger partial charge on any atom is -0.361 e. The number of benzene rings is 2. The van der Waals surface area contributed by atoms with Gasteiger partial charge in [-0.15, -0.1) is 0 Å². The number of halogens is 1. The maximum absolute atomic E-state index is 12.3. The summed E-state index contributed by atoms with van der Waals surface area (Å²) in [6.07, 6.45) is 1.94. The normalized spacial score (nSPS) is 13.1. The Balaban J connectivity index is 1.91. The molecule has 0 unspecified atom stereocenters. The number of hydrogen-bond acceptors (Lipinski definition) is 2. The van der Waals surface area contributed by atoms with Crippen molar-refractivity contribution in [3.8, 4) is 0 Å². The summed E-state index contributed by atoms with van der Waals surface area (Å²) in [6, 6.07) is 14.1. The van der Waals surface area contributed by atoms with Crippen molar-refractivity contribution in [2.75, 3.05) is 6.54 Å². The second kappa shape index (κ2) is 8.14. The van der Waals surface area contributed by atoms with Crippen molar-refractivity contribution in [2.45, 2.75) is 18.9 Å². The highest BCUT2D eigenvalue weighted by atomic mass is 35.5. The average Bonchev–Trinajstić information content (AvgIpc) is 3.06. The molecule has 2 atom stereocenters. The second-order valence-corrected chi connectivity index (χ2v) is 6.75. The van der Waals surface area contributed by atoms with Gasteiger partial charge in [0.25, 0.3) is 0 Å². The van der Waals surface area contributed by atoms with Gasteiger partial charge in [0.05, 0.1) is 0 Å². The van der Waals surface area contributed by atoms with E-state index in [0.717, 1.165) is 22.0 Å². The van der Waals surface area contributed by atoms with Gasteiger partial charge in [-0.05, 0) is 30.2 Å². The van der Waals surface area contributed by atoms with E-state index >= 15 is 0 Å². The molecule has 0 fully saturated rings. The molecule has 0 radical (unpaired) electrons. The quantitative estimate of drug-likeness (QED) is 0.525. The van der Waals surface area contributed by atoms with Gasteiger partial charge in [-0.2, -0.15) is 0 Å². The number of hydrogen-bond donors (Lipinski definition) is 4. The van der Waals surface area contributed by atoms with E-state index in [9.17, 15) is 9.59 Å². The fourth-order valence-electron chi connectivity index (χ4n) is 3.16. The van der Waals surface area contributed by atoms with E-state index in [2.05, 4.69) is 15.6 Å². The largest absolute Gasteiger partial charge is 0.361 e. The molecular formula is C20H21ClN4O2. The molecule has 3 aromatic rings. The molecule has 2 aromatic carbocycles. The number of aromatic amines is 1. The Kier molecular flexibility index (Phi) is 5.66. The van der Waals surface area contributed by atoms with Gasteiger partial charge >= 0.3 is 6.03 Å². The first kappa shape index (κ1) is 18.8. The topological polar surface area (TPSA) is 100 Å². The van der Waals surface area contributed by atoms with E-state index in [0.29, 0.717) is 11.6 Å². The van der Waals surface area contributed by atoms with Crippen molar-refractivity contribution in [2.24, 2.45) is 5.73 Å². The predicted octanol–water partition coefficient (Wildman–Crippen LogP) is 3.13. The third-order valence-electron chi connectivity index (χ3n) is 4.51. The summed E-state index contributed by atoms with van der Waals surface area (Å²) < 4.78 is 0. The molecule has 7 heteroatoms. The lowest BCUT2D eigenvalue weighted by Gasteiger charge is -2.21. The lowest BCUT2D eigenvalue weighted by atomic mass is 9.90. The molecule has 1 aromatic heterocycles. The van der Waals surface area contributed by atoms with Crippen LogP contribution < -0.4 is 16.4 Å². The molecule has 0 saturated carbocycles. The van der Waals surface area contributed by atoms with E-state index in [-0.39, 0.29) is 11.8 Å². The molecule has 3 amide bonds. The van der Waals surface area contributed by atoms with Crippen molar-refractivity contribution >= 4 is 34.4 Å². The zero-order valence-electron chi connectivity index (χ0n) is 14.8. The van der Waals surface area contributed by atoms with Crippen LogP contribution in [0.25, 0.3) is 10.9 Å². The number of nitrogens with one attached hydrogen (secondary N) is 3. The molecule has 0 aliphatic rings. The van der Waals surface area contributed by atoms with Gasteiger partial charge in [0.2, 0.25) is 5.91 Å². The third-order valence-corrected chi connectivity index (χ3v) is 4.85. The summed E-state index contributed by atoms with van der Waals surface area (Å²) in [7, 11) is 0. The van der Waals surface area contributed by atoms with Crippen LogP contribution in [0.15, 0.2) is 54.7 Å². The maximum Gasteiger partial charge on any atom is 0.312 e. The number of H-pyrrole nitrogens is 1. The van der Waals surface area contributed by atoms with Crippen LogP contribution in [0.1, 0.15) is 24.0 Å². The number of urea groups is 1. The van der Waals surface area contributed by atoms with Gasteiger partial charge in [-0.3, -0.25) is 4.79 Å². The summed E-state index contributed by atoms with van der Waals surface area (Å²) >= 11 is 6.44. The molecule has 5 N–H and O–H groups in total. The lowest BCUT2D eigenvalue weighted by Crippen LogP contribution is -2.47. The summed E-state index contributed by atoms with van der Waals surface area (Å²) in [4.78, 5) is 26.5. The molecule has 0 spiro atoms. The summed E-state index contributed by atoms with van der Waals surface area (Å²) in [5.74, 6) is -0.467. The van der Waals surface area contributed by atoms with Gasteiger partial charge in [0, 0.05) is 34.6 Å². The standard InChI is InChI=1S/C20H21ClN4O2/c1-12(25-20(22)27)19(26)24-11-15(13-6-2-4-8-17(13)21)16-10-23-18-9-5-3-7-14(16)18/h2-10,12,15,23H,11H2,1H3,(H,24,26)(H3,22,25,27)/t12-,15+/m1/s1. The first-order valence-corrected chi connectivity index (χ1v) is 8.99. The van der Waals surface area contributed by atoms with E-state index < -0.39 is 12.1 Å². The van der Waals surface area contributed by atoms with Crippen LogP contribution in [-0.4, -0.2) is 29.5 Å². The van der Waals surface area contributed by atoms with Gasteiger partial charge in [0.15, 0.2) is 0 Å². The van der Waals surface area contributed by atoms with Crippen LogP contribution in [0.3, 0.4) is 0 Å². The number of amides is 3. The van der Waals surface area contributed by atoms with Gasteiger partial charge in [-0.25, -0.2) is 4.79 Å². The van der Waals surface area contributed by atoms with E-state index in [4.69, 9.17) is 17.3 Å². The molecule has 3 rings (SSSR count). The number of rotatable bonds is 6. The number of carbonyl (C=O) groups is 2. The van der Waals surface area contributed by atoms with Gasteiger partial charge in [-0.1, -0.05) is 48.0 Å². The Morgan fingerprint density at radius 1 is 1.11 bits per heavy atom. The second-order valence-electron chi connectivity index (χ2n) is 6.34. The summed E-state index contributed by atoms with van der Waals surface area (Å²) in [6.45, 7) is 1.91. The predicted molar refractivity (Wildman–Crippen MR) is 107 cm³/mol. The Hall–Kier alpha value is -2.99. The van der Waals surface area contributed by atoms with Crippen LogP contribution in [0.4, 0.5) is 4.79 Å². The Labute approximate surface area is 162 Å². The van der Waals surface area contributed by atoms with Crippen molar-refractivity contribution in [1.82, 2.24) is 15.6 Å². The van der Waals surface area contributed by atoms with Crippen molar-refractivity contribution in [1.29, 1.82) is 0 Å². The first-order valence-electron chi connectivity index (χ1n) is 8.61. The fourth-order valence-corrected chi connectivity index (χ4v) is 3.43. The molecule has 0 bridgehead atoms. The third kappa shape index (κ3) is 4.23. The van der Waals surface area contributed by atoms with Gasteiger partial charge < -0.3 is 21.4 Å². The monoisotopic (exact) mass is 384 g/mol. The van der Waals surface area contributed by atoms with Crippen LogP contribution in [0.2, 0.25) is 5.02 Å². The van der Waals surface area contributed by atoms with E-state index in [1.165, 1.54) is 0 Å². The highest BCUT2D eigenvalue weighted by Gasteiger charge is 2.22. The van der Waals surface area contributed by atoms with Crippen LogP contribution >= 0.6 is 11.6 Å². The molecule has 27 heavy (non-hydrogen) atoms. The highest BCUT2D eigenvalue weighted by molar-refractivity contribution is 6.31. The van der Waals surface area contributed by atoms with Crippen LogP contribution in [0, 0.1) is 0 Å². The van der Waals surface area contributed by atoms with Gasteiger partial charge in [0.1, 0.15) is 6.04 Å². The Morgan fingerprint density at radius 3 is 2.56 bits per heavy atom. The lowest BCUT2D eigenvalue weighted by molar-refractivity contribution is -0.122. The first-order chi connectivity index (χ1) is 13.0. The minimum atomic E-state index is -0.739. The van der Waals surface area contributed by atoms with E-state index in [1.807, 2.05) is 54.7 Å². The number of primary amides is 1. The number of carbonyl (C=O) groups excluding carboxylic acids is 2. The Bertz CT molecular complexity index is 969. The fraction of sp³-hybridized carbons (Fsp3) is 0.200. The number of nitrogens with two attached hydrogens (primary N) is 1. The highest BCUT2D eigenvalue weighted by Crippen LogP contribution is 2.34. The van der Waals surface area contributed by atoms with Crippen LogP contribution in [0.5, 0.6) is 0 Å². The molecular weight excluding hydrogens is 364 g/mol. The summed E-state index contributed by atoms with van der Waals surface area (Å²) in [5.41, 5.74) is 8.05. The number of aromatic nitrogens is 1. The zero-order chi connectivity index (χ0) is 19.4. The molecule has 0 saturated heterocycles. The smallest absolute Gasteiger partial charge is 0.312 e. The average molecular weight is 385 g/mol. The van der Waals surface area contributed by atoms with Crippen molar-refractivity contribution < 1.29 is 9.59 Å². The summed E-state index contributed by atoms with van der Waals surface area (Å²) in [5, 5.41) is 6.96. The van der Waals surface area contributed by atoms with E-state index in [1.54, 1.807) is 6.92 Å². The SMILES string of the molecule is C[C@@H](NC(N)=O)C(=O)NC[C@@H](c1ccccc1Cl)c1c[nH]c2ccccc12. The molecule has 0 aliphatic carbocycles. The minimum absolute atomic E-state index is 0.153. The molecule has 140 valence electrons. The molecule has 6 nitrogen and oxygen atoms in total. The zero-order valence-corrected chi connectivity index (χ0v) is 15.6.